The maximum Gasteiger partial charge on any atom is 0.0794 e. The van der Waals surface area contributed by atoms with Crippen molar-refractivity contribution in [3.8, 4) is 11.1 Å². The third-order valence-corrected chi connectivity index (χ3v) is 10.7. The van der Waals surface area contributed by atoms with Crippen molar-refractivity contribution < 1.29 is 0 Å². The summed E-state index contributed by atoms with van der Waals surface area (Å²) in [6, 6.07) is 49.0. The first-order valence-corrected chi connectivity index (χ1v) is 15.6. The Morgan fingerprint density at radius 2 is 1.15 bits per heavy atom. The second kappa shape index (κ2) is 10.1. The zero-order chi connectivity index (χ0) is 27.2. The molecule has 0 radical (unpaired) electrons. The Hall–Kier alpha value is -4.58. The molecule has 0 fully saturated rings. The summed E-state index contributed by atoms with van der Waals surface area (Å²) >= 11 is 0. The molecule has 0 bridgehead atoms. The van der Waals surface area contributed by atoms with Crippen LogP contribution in [0.25, 0.3) is 49.8 Å². The first kappa shape index (κ1) is 24.2. The standard InChI is InChI=1S/C39H28NP/c1-3-13-30(14-4-1)41(31-15-5-2-6-16-31)32-23-19-29(20-24-32)37-35-25-21-27-11-7-9-17-33(27)38(35)40-39-34-18-10-8-12-28(34)22-26-36(37)39/h1-7,9-11,13-26H,8,12H2. The molecule has 8 rings (SSSR count). The molecule has 1 heterocycles. The van der Waals surface area contributed by atoms with Crippen LogP contribution in [0, 0.1) is 0 Å². The number of nitrogens with zero attached hydrogens (tertiary/aromatic N) is 1. The third kappa shape index (κ3) is 4.17. The van der Waals surface area contributed by atoms with E-state index in [1.54, 1.807) is 0 Å². The highest BCUT2D eigenvalue weighted by molar-refractivity contribution is 7.79. The zero-order valence-corrected chi connectivity index (χ0v) is 23.6. The van der Waals surface area contributed by atoms with E-state index >= 15 is 0 Å². The van der Waals surface area contributed by atoms with Crippen molar-refractivity contribution in [2.45, 2.75) is 12.8 Å². The van der Waals surface area contributed by atoms with Gasteiger partial charge in [0.1, 0.15) is 0 Å². The van der Waals surface area contributed by atoms with Crippen LogP contribution in [0.3, 0.4) is 0 Å². The molecule has 0 spiro atoms. The minimum absolute atomic E-state index is 0.648. The first-order chi connectivity index (χ1) is 20.3. The second-order valence-electron chi connectivity index (χ2n) is 10.7. The number of pyridine rings is 1. The summed E-state index contributed by atoms with van der Waals surface area (Å²) in [7, 11) is -0.648. The summed E-state index contributed by atoms with van der Waals surface area (Å²) in [5, 5.41) is 8.95. The number of allylic oxidation sites excluding steroid dienone is 1. The summed E-state index contributed by atoms with van der Waals surface area (Å²) in [5.41, 5.74) is 7.36. The van der Waals surface area contributed by atoms with Gasteiger partial charge in [-0.3, -0.25) is 0 Å². The Morgan fingerprint density at radius 3 is 1.90 bits per heavy atom. The maximum atomic E-state index is 5.38. The highest BCUT2D eigenvalue weighted by atomic mass is 31.1. The Balaban J connectivity index is 1.37. The molecule has 0 aliphatic heterocycles. The first-order valence-electron chi connectivity index (χ1n) is 14.3. The van der Waals surface area contributed by atoms with Crippen LogP contribution in [-0.2, 0) is 6.42 Å². The van der Waals surface area contributed by atoms with Crippen LogP contribution in [0.5, 0.6) is 0 Å². The fraction of sp³-hybridized carbons (Fsp3) is 0.0513. The van der Waals surface area contributed by atoms with Gasteiger partial charge in [-0.25, -0.2) is 4.98 Å². The van der Waals surface area contributed by atoms with E-state index in [1.165, 1.54) is 59.7 Å². The van der Waals surface area contributed by atoms with Crippen molar-refractivity contribution in [1.29, 1.82) is 0 Å². The fourth-order valence-electron chi connectivity index (χ4n) is 6.34. The molecule has 1 aliphatic rings. The molecule has 7 aromatic rings. The van der Waals surface area contributed by atoms with Crippen molar-refractivity contribution in [2.24, 2.45) is 0 Å². The number of fused-ring (bicyclic) bond motifs is 6. The molecule has 41 heavy (non-hydrogen) atoms. The van der Waals surface area contributed by atoms with Crippen LogP contribution in [0.2, 0.25) is 0 Å². The van der Waals surface area contributed by atoms with Gasteiger partial charge in [0.05, 0.1) is 11.0 Å². The summed E-state index contributed by atoms with van der Waals surface area (Å²) in [6.07, 6.45) is 6.74. The van der Waals surface area contributed by atoms with Gasteiger partial charge in [-0.2, -0.15) is 0 Å². The zero-order valence-electron chi connectivity index (χ0n) is 22.7. The monoisotopic (exact) mass is 541 g/mol. The molecule has 0 saturated carbocycles. The smallest absolute Gasteiger partial charge is 0.0794 e. The summed E-state index contributed by atoms with van der Waals surface area (Å²) < 4.78 is 0. The molecule has 1 aromatic heterocycles. The van der Waals surface area contributed by atoms with Crippen LogP contribution in [-0.4, -0.2) is 4.98 Å². The molecular weight excluding hydrogens is 513 g/mol. The average molecular weight is 542 g/mol. The molecule has 0 unspecified atom stereocenters. The number of hydrogen-bond donors (Lipinski definition) is 0. The normalized spacial score (nSPS) is 12.8. The minimum Gasteiger partial charge on any atom is -0.246 e. The van der Waals surface area contributed by atoms with E-state index in [1.807, 2.05) is 0 Å². The lowest BCUT2D eigenvalue weighted by Crippen LogP contribution is -2.20. The van der Waals surface area contributed by atoms with Gasteiger partial charge in [-0.1, -0.05) is 146 Å². The molecular formula is C39H28NP. The third-order valence-electron chi connectivity index (χ3n) is 8.28. The van der Waals surface area contributed by atoms with Crippen LogP contribution in [0.15, 0.2) is 140 Å². The Kier molecular flexibility index (Phi) is 5.98. The Bertz CT molecular complexity index is 2040. The maximum absolute atomic E-state index is 5.38. The van der Waals surface area contributed by atoms with Gasteiger partial charge < -0.3 is 0 Å². The summed E-state index contributed by atoms with van der Waals surface area (Å²) in [4.78, 5) is 5.38. The minimum atomic E-state index is -0.648. The number of hydrogen-bond acceptors (Lipinski definition) is 1. The number of aromatic nitrogens is 1. The topological polar surface area (TPSA) is 12.9 Å². The fourth-order valence-corrected chi connectivity index (χ4v) is 8.62. The van der Waals surface area contributed by atoms with Gasteiger partial charge in [0, 0.05) is 27.3 Å². The van der Waals surface area contributed by atoms with Crippen molar-refractivity contribution in [1.82, 2.24) is 4.98 Å². The molecule has 0 amide bonds. The predicted molar refractivity (Wildman–Crippen MR) is 178 cm³/mol. The Labute approximate surface area is 241 Å². The lowest BCUT2D eigenvalue weighted by Gasteiger charge is -2.20. The van der Waals surface area contributed by atoms with Gasteiger partial charge >= 0.3 is 0 Å². The summed E-state index contributed by atoms with van der Waals surface area (Å²) in [6.45, 7) is 0. The van der Waals surface area contributed by atoms with Crippen LogP contribution in [0.1, 0.15) is 17.5 Å². The largest absolute Gasteiger partial charge is 0.246 e. The molecule has 194 valence electrons. The van der Waals surface area contributed by atoms with Crippen LogP contribution in [0.4, 0.5) is 0 Å². The van der Waals surface area contributed by atoms with E-state index in [0.29, 0.717) is 0 Å². The van der Waals surface area contributed by atoms with E-state index in [0.717, 1.165) is 23.9 Å². The lowest BCUT2D eigenvalue weighted by molar-refractivity contribution is 0.988. The number of aryl methyl sites for hydroxylation is 1. The van der Waals surface area contributed by atoms with E-state index in [2.05, 4.69) is 146 Å². The van der Waals surface area contributed by atoms with Crippen LogP contribution >= 0.6 is 7.92 Å². The molecule has 0 atom stereocenters. The molecule has 0 N–H and O–H groups in total. The average Bonchev–Trinajstić information content (AvgIpc) is 3.05. The van der Waals surface area contributed by atoms with Crippen molar-refractivity contribution >= 4 is 62.5 Å². The Morgan fingerprint density at radius 1 is 0.512 bits per heavy atom. The predicted octanol–water partition coefficient (Wildman–Crippen LogP) is 8.93. The van der Waals surface area contributed by atoms with Gasteiger partial charge in [0.15, 0.2) is 0 Å². The second-order valence-corrected chi connectivity index (χ2v) is 12.9. The molecule has 1 nitrogen and oxygen atoms in total. The quantitative estimate of drug-likeness (QED) is 0.123. The summed E-state index contributed by atoms with van der Waals surface area (Å²) in [5.74, 6) is 0. The van der Waals surface area contributed by atoms with E-state index in [9.17, 15) is 0 Å². The highest BCUT2D eigenvalue weighted by Gasteiger charge is 2.20. The highest BCUT2D eigenvalue weighted by Crippen LogP contribution is 2.41. The molecule has 6 aromatic carbocycles. The molecule has 2 heteroatoms. The van der Waals surface area contributed by atoms with Crippen molar-refractivity contribution in [3.05, 3.63) is 151 Å². The van der Waals surface area contributed by atoms with Gasteiger partial charge in [0.2, 0.25) is 0 Å². The van der Waals surface area contributed by atoms with Gasteiger partial charge in [-0.15, -0.1) is 0 Å². The van der Waals surface area contributed by atoms with Crippen molar-refractivity contribution in [3.63, 3.8) is 0 Å². The van der Waals surface area contributed by atoms with Gasteiger partial charge in [-0.05, 0) is 53.2 Å². The number of rotatable bonds is 4. The van der Waals surface area contributed by atoms with Crippen LogP contribution < -0.4 is 15.9 Å². The van der Waals surface area contributed by atoms with E-state index < -0.39 is 7.92 Å². The van der Waals surface area contributed by atoms with Gasteiger partial charge in [0.25, 0.3) is 0 Å². The SMILES string of the molecule is C1=Cc2c(ccc3c(-c4ccc(P(c5ccccc5)c5ccccc5)cc4)c4ccc5ccccc5c4nc23)CC1. The van der Waals surface area contributed by atoms with Crippen molar-refractivity contribution in [2.75, 3.05) is 0 Å². The molecule has 1 aliphatic carbocycles. The number of benzene rings is 6. The lowest BCUT2D eigenvalue weighted by atomic mass is 9.89. The van der Waals surface area contributed by atoms with E-state index in [-0.39, 0.29) is 0 Å². The molecule has 0 saturated heterocycles. The van der Waals surface area contributed by atoms with E-state index in [4.69, 9.17) is 4.98 Å².